The number of hydrogen-bond acceptors (Lipinski definition) is 10. The summed E-state index contributed by atoms with van der Waals surface area (Å²) in [7, 11) is -9.80. The Labute approximate surface area is 178 Å². The molecule has 1 aromatic carbocycles. The Balaban J connectivity index is 1.99. The minimum absolute atomic E-state index is 0.00312. The van der Waals surface area contributed by atoms with Gasteiger partial charge in [0, 0.05) is 11.3 Å². The minimum Gasteiger partial charge on any atom is -0.354 e. The summed E-state index contributed by atoms with van der Waals surface area (Å²) in [6.45, 7) is 1.62. The molecule has 2 fully saturated rings. The van der Waals surface area contributed by atoms with Gasteiger partial charge in [0.25, 0.3) is 20.2 Å². The van der Waals surface area contributed by atoms with Crippen LogP contribution in [0.3, 0.4) is 0 Å². The highest BCUT2D eigenvalue weighted by Crippen LogP contribution is 2.38. The SMILES string of the molecule is CC[S@@](=O)[C@@H]1O[C@@H]2CO[C@@H](c3ccccc3)O[C@H]2[C@H](OS(C)(=O)=O)[C@H]1OS(C)(=O)=O. The van der Waals surface area contributed by atoms with E-state index in [1.165, 1.54) is 0 Å². The van der Waals surface area contributed by atoms with Crippen LogP contribution >= 0.6 is 0 Å². The normalized spacial score (nSPS) is 33.6. The molecule has 3 rings (SSSR count). The summed E-state index contributed by atoms with van der Waals surface area (Å²) in [6.07, 6.45) is -4.01. The minimum atomic E-state index is -4.07. The van der Waals surface area contributed by atoms with Crippen molar-refractivity contribution in [2.24, 2.45) is 0 Å². The molecular weight excluding hydrogens is 460 g/mol. The van der Waals surface area contributed by atoms with Crippen molar-refractivity contribution in [2.75, 3.05) is 24.9 Å². The molecule has 0 N–H and O–H groups in total. The summed E-state index contributed by atoms with van der Waals surface area (Å²) in [6, 6.07) is 8.91. The number of hydrogen-bond donors (Lipinski definition) is 0. The van der Waals surface area contributed by atoms with E-state index < -0.39 is 67.2 Å². The first-order valence-electron chi connectivity index (χ1n) is 9.09. The Morgan fingerprint density at radius 3 is 2.17 bits per heavy atom. The van der Waals surface area contributed by atoms with Crippen LogP contribution < -0.4 is 0 Å². The molecule has 2 aliphatic heterocycles. The van der Waals surface area contributed by atoms with E-state index in [9.17, 15) is 21.0 Å². The van der Waals surface area contributed by atoms with Crippen molar-refractivity contribution in [2.45, 2.75) is 43.1 Å². The molecule has 0 saturated carbocycles. The largest absolute Gasteiger partial charge is 0.354 e. The predicted octanol–water partition coefficient (Wildman–Crippen LogP) is 0.284. The lowest BCUT2D eigenvalue weighted by atomic mass is 9.99. The Morgan fingerprint density at radius 2 is 1.60 bits per heavy atom. The van der Waals surface area contributed by atoms with Gasteiger partial charge in [0.2, 0.25) is 0 Å². The smallest absolute Gasteiger partial charge is 0.264 e. The van der Waals surface area contributed by atoms with Gasteiger partial charge in [-0.3, -0.25) is 12.6 Å². The van der Waals surface area contributed by atoms with Crippen LogP contribution in [0.2, 0.25) is 0 Å². The first kappa shape index (κ1) is 23.7. The van der Waals surface area contributed by atoms with Crippen molar-refractivity contribution in [3.05, 3.63) is 35.9 Å². The summed E-state index contributed by atoms with van der Waals surface area (Å²) >= 11 is 0. The zero-order valence-corrected chi connectivity index (χ0v) is 19.0. The van der Waals surface area contributed by atoms with Crippen molar-refractivity contribution < 1.29 is 43.6 Å². The second kappa shape index (κ2) is 9.28. The predicted molar refractivity (Wildman–Crippen MR) is 107 cm³/mol. The summed E-state index contributed by atoms with van der Waals surface area (Å²) in [4.78, 5) is 0. The Bertz CT molecular complexity index is 963. The van der Waals surface area contributed by atoms with Crippen molar-refractivity contribution >= 4 is 31.0 Å². The molecule has 1 aromatic rings. The number of fused-ring (bicyclic) bond motifs is 1. The highest BCUT2D eigenvalue weighted by Gasteiger charge is 2.55. The first-order valence-corrected chi connectivity index (χ1v) is 14.1. The van der Waals surface area contributed by atoms with E-state index in [4.69, 9.17) is 22.6 Å². The third-order valence-electron chi connectivity index (χ3n) is 4.47. The molecule has 0 amide bonds. The van der Waals surface area contributed by atoms with Crippen molar-refractivity contribution in [1.82, 2.24) is 0 Å². The number of ether oxygens (including phenoxy) is 3. The molecule has 30 heavy (non-hydrogen) atoms. The molecule has 0 aliphatic carbocycles. The van der Waals surface area contributed by atoms with Crippen molar-refractivity contribution in [3.8, 4) is 0 Å². The third kappa shape index (κ3) is 5.85. The Kier molecular flexibility index (Phi) is 7.34. The van der Waals surface area contributed by atoms with Gasteiger partial charge in [-0.1, -0.05) is 37.3 Å². The van der Waals surface area contributed by atoms with Crippen molar-refractivity contribution in [3.63, 3.8) is 0 Å². The molecule has 10 nitrogen and oxygen atoms in total. The Hall–Kier alpha value is -0.930. The molecule has 0 bridgehead atoms. The van der Waals surface area contributed by atoms with Gasteiger partial charge in [-0.25, -0.2) is 0 Å². The summed E-state index contributed by atoms with van der Waals surface area (Å²) in [5, 5.41) is 0. The van der Waals surface area contributed by atoms with E-state index in [-0.39, 0.29) is 12.4 Å². The molecule has 0 radical (unpaired) electrons. The average molecular weight is 485 g/mol. The van der Waals surface area contributed by atoms with Gasteiger partial charge >= 0.3 is 0 Å². The molecule has 7 atom stereocenters. The summed E-state index contributed by atoms with van der Waals surface area (Å²) in [5.74, 6) is 0.131. The van der Waals surface area contributed by atoms with Crippen LogP contribution in [0.4, 0.5) is 0 Å². The third-order valence-corrected chi connectivity index (χ3v) is 7.08. The second-order valence-corrected chi connectivity index (χ2v) is 11.9. The monoisotopic (exact) mass is 484 g/mol. The lowest BCUT2D eigenvalue weighted by Gasteiger charge is -2.47. The molecule has 2 saturated heterocycles. The van der Waals surface area contributed by atoms with Gasteiger partial charge in [-0.15, -0.1) is 0 Å². The fourth-order valence-corrected chi connectivity index (χ4v) is 5.73. The fourth-order valence-electron chi connectivity index (χ4n) is 3.32. The van der Waals surface area contributed by atoms with E-state index in [1.807, 2.05) is 6.07 Å². The molecular formula is C17H24O10S3. The average Bonchev–Trinajstić information content (AvgIpc) is 2.67. The van der Waals surface area contributed by atoms with E-state index in [0.29, 0.717) is 5.56 Å². The maximum Gasteiger partial charge on any atom is 0.264 e. The first-order chi connectivity index (χ1) is 14.0. The van der Waals surface area contributed by atoms with Gasteiger partial charge in [-0.2, -0.15) is 16.8 Å². The van der Waals surface area contributed by atoms with E-state index in [1.54, 1.807) is 31.2 Å². The lowest BCUT2D eigenvalue weighted by molar-refractivity contribution is -0.312. The van der Waals surface area contributed by atoms with Crippen LogP contribution in [0.1, 0.15) is 18.8 Å². The zero-order chi connectivity index (χ0) is 22.1. The second-order valence-electron chi connectivity index (χ2n) is 6.92. The maximum absolute atomic E-state index is 12.6. The standard InChI is InChI=1S/C17H24O10S3/c1-4-28(18)17-15(27-30(3,21)22)14(26-29(2,19)20)13-12(24-17)10-23-16(25-13)11-8-6-5-7-9-11/h5-9,12-17H,4,10H2,1-3H3/t12-,13-,14+,15-,16-,17+,28-/m1/s1. The van der Waals surface area contributed by atoms with Crippen LogP contribution in [-0.4, -0.2) is 75.8 Å². The van der Waals surface area contributed by atoms with Crippen LogP contribution in [0.25, 0.3) is 0 Å². The molecule has 2 aliphatic rings. The zero-order valence-electron chi connectivity index (χ0n) is 16.6. The molecule has 2 heterocycles. The topological polar surface area (TPSA) is 132 Å². The highest BCUT2D eigenvalue weighted by molar-refractivity contribution is 7.86. The van der Waals surface area contributed by atoms with Crippen LogP contribution in [0.15, 0.2) is 30.3 Å². The van der Waals surface area contributed by atoms with E-state index in [2.05, 4.69) is 0 Å². The van der Waals surface area contributed by atoms with E-state index >= 15 is 0 Å². The van der Waals surface area contributed by atoms with E-state index in [0.717, 1.165) is 12.5 Å². The van der Waals surface area contributed by atoms with Crippen LogP contribution in [-0.2, 0) is 53.6 Å². The van der Waals surface area contributed by atoms with Gasteiger partial charge in [0.15, 0.2) is 11.7 Å². The van der Waals surface area contributed by atoms with Gasteiger partial charge < -0.3 is 14.2 Å². The lowest BCUT2D eigenvalue weighted by Crippen LogP contribution is -2.64. The van der Waals surface area contributed by atoms with Gasteiger partial charge in [-0.05, 0) is 0 Å². The maximum atomic E-state index is 12.6. The molecule has 0 aromatic heterocycles. The van der Waals surface area contributed by atoms with Gasteiger partial charge in [0.1, 0.15) is 24.4 Å². The fraction of sp³-hybridized carbons (Fsp3) is 0.647. The molecule has 170 valence electrons. The van der Waals surface area contributed by atoms with Crippen molar-refractivity contribution in [1.29, 1.82) is 0 Å². The van der Waals surface area contributed by atoms with Gasteiger partial charge in [0.05, 0.1) is 29.9 Å². The highest BCUT2D eigenvalue weighted by atomic mass is 32.2. The summed E-state index contributed by atoms with van der Waals surface area (Å²) < 4.78 is 88.0. The molecule has 0 unspecified atom stereocenters. The number of benzene rings is 1. The quantitative estimate of drug-likeness (QED) is 0.497. The van der Waals surface area contributed by atoms with Crippen LogP contribution in [0.5, 0.6) is 0 Å². The number of rotatable bonds is 7. The van der Waals surface area contributed by atoms with Crippen LogP contribution in [0, 0.1) is 0 Å². The summed E-state index contributed by atoms with van der Waals surface area (Å²) in [5.41, 5.74) is -0.577. The molecule has 13 heteroatoms. The Morgan fingerprint density at radius 1 is 1.00 bits per heavy atom. The molecule has 0 spiro atoms.